The summed E-state index contributed by atoms with van der Waals surface area (Å²) in [5.41, 5.74) is -0.993. The molecule has 0 aromatic carbocycles. The summed E-state index contributed by atoms with van der Waals surface area (Å²) in [6, 6.07) is 0. The molecule has 0 unspecified atom stereocenters. The monoisotopic (exact) mass is 269 g/mol. The predicted molar refractivity (Wildman–Crippen MR) is 71.8 cm³/mol. The van der Waals surface area contributed by atoms with Crippen LogP contribution in [-0.4, -0.2) is 29.3 Å². The van der Waals surface area contributed by atoms with Gasteiger partial charge in [-0.25, -0.2) is 9.59 Å². The van der Waals surface area contributed by atoms with Gasteiger partial charge in [-0.05, 0) is 30.6 Å². The third-order valence-corrected chi connectivity index (χ3v) is 3.26. The molecular weight excluding hydrogens is 246 g/mol. The molecule has 1 amide bonds. The molecule has 0 aromatic heterocycles. The topological polar surface area (TPSA) is 75.6 Å². The second kappa shape index (κ2) is 5.63. The second-order valence-electron chi connectivity index (χ2n) is 6.44. The first-order valence-corrected chi connectivity index (χ1v) is 6.48. The van der Waals surface area contributed by atoms with Gasteiger partial charge in [0.1, 0.15) is 12.1 Å². The molecular formula is C14H23NO4. The van der Waals surface area contributed by atoms with Crippen molar-refractivity contribution in [1.82, 2.24) is 5.32 Å². The largest absolute Gasteiger partial charge is 0.480 e. The highest BCUT2D eigenvalue weighted by atomic mass is 16.5. The number of ether oxygens (including phenoxy) is 1. The van der Waals surface area contributed by atoms with E-state index in [4.69, 9.17) is 4.74 Å². The van der Waals surface area contributed by atoms with Gasteiger partial charge in [0.25, 0.3) is 0 Å². The number of carboxylic acid groups (broad SMARTS) is 1. The van der Waals surface area contributed by atoms with Gasteiger partial charge >= 0.3 is 12.1 Å². The lowest BCUT2D eigenvalue weighted by molar-refractivity contribution is -0.151. The summed E-state index contributed by atoms with van der Waals surface area (Å²) >= 11 is 0. The quantitative estimate of drug-likeness (QED) is 0.752. The van der Waals surface area contributed by atoms with E-state index in [1.165, 1.54) is 6.08 Å². The standard InChI is InChI=1S/C14H23NO4/c1-5-6-19-12(18)15-14(11(16)17)8-10(9-14)7-13(2,3)4/h5,10H,1,6-9H2,2-4H3,(H,15,18)(H,16,17). The van der Waals surface area contributed by atoms with Crippen LogP contribution in [0.1, 0.15) is 40.0 Å². The predicted octanol–water partition coefficient (Wildman–Crippen LogP) is 2.57. The minimum absolute atomic E-state index is 0.0763. The molecule has 0 aliphatic heterocycles. The molecule has 2 N–H and O–H groups in total. The zero-order valence-electron chi connectivity index (χ0n) is 11.9. The lowest BCUT2D eigenvalue weighted by Crippen LogP contribution is -2.62. The minimum atomic E-state index is -1.16. The molecule has 1 rings (SSSR count). The van der Waals surface area contributed by atoms with Crippen LogP contribution in [0.5, 0.6) is 0 Å². The van der Waals surface area contributed by atoms with Crippen LogP contribution >= 0.6 is 0 Å². The molecule has 5 heteroatoms. The van der Waals surface area contributed by atoms with Gasteiger partial charge in [0.15, 0.2) is 0 Å². The van der Waals surface area contributed by atoms with E-state index in [1.54, 1.807) is 0 Å². The lowest BCUT2D eigenvalue weighted by atomic mass is 9.63. The van der Waals surface area contributed by atoms with E-state index < -0.39 is 17.6 Å². The molecule has 0 spiro atoms. The van der Waals surface area contributed by atoms with Gasteiger partial charge in [0.05, 0.1) is 0 Å². The molecule has 1 fully saturated rings. The molecule has 0 aromatic rings. The van der Waals surface area contributed by atoms with Crippen molar-refractivity contribution in [1.29, 1.82) is 0 Å². The summed E-state index contributed by atoms with van der Waals surface area (Å²) in [7, 11) is 0. The number of carbonyl (C=O) groups is 2. The maximum absolute atomic E-state index is 11.5. The molecule has 108 valence electrons. The van der Waals surface area contributed by atoms with Crippen LogP contribution in [0.2, 0.25) is 0 Å². The third kappa shape index (κ3) is 4.26. The van der Waals surface area contributed by atoms with Crippen LogP contribution in [0.4, 0.5) is 4.79 Å². The number of amides is 1. The summed E-state index contributed by atoms with van der Waals surface area (Å²) in [6.45, 7) is 9.88. The van der Waals surface area contributed by atoms with E-state index in [-0.39, 0.29) is 12.0 Å². The number of nitrogens with one attached hydrogen (secondary N) is 1. The normalized spacial score (nSPS) is 26.2. The number of hydrogen-bond acceptors (Lipinski definition) is 3. The SMILES string of the molecule is C=CCOC(=O)NC1(C(=O)O)CC(CC(C)(C)C)C1. The number of hydrogen-bond donors (Lipinski definition) is 2. The highest BCUT2D eigenvalue weighted by Crippen LogP contribution is 2.44. The van der Waals surface area contributed by atoms with Crippen molar-refractivity contribution in [3.8, 4) is 0 Å². The Bertz CT molecular complexity index is 364. The van der Waals surface area contributed by atoms with Crippen molar-refractivity contribution in [3.05, 3.63) is 12.7 Å². The van der Waals surface area contributed by atoms with Gasteiger partial charge in [-0.2, -0.15) is 0 Å². The van der Waals surface area contributed by atoms with Gasteiger partial charge in [-0.1, -0.05) is 33.4 Å². The first-order valence-electron chi connectivity index (χ1n) is 6.48. The third-order valence-electron chi connectivity index (χ3n) is 3.26. The summed E-state index contributed by atoms with van der Waals surface area (Å²) in [5.74, 6) is -0.663. The van der Waals surface area contributed by atoms with Crippen LogP contribution in [0.15, 0.2) is 12.7 Å². The van der Waals surface area contributed by atoms with Crippen molar-refractivity contribution in [2.24, 2.45) is 11.3 Å². The Hall–Kier alpha value is -1.52. The molecule has 0 saturated heterocycles. The lowest BCUT2D eigenvalue weighted by Gasteiger charge is -2.46. The van der Waals surface area contributed by atoms with Crippen LogP contribution in [0.25, 0.3) is 0 Å². The van der Waals surface area contributed by atoms with Crippen LogP contribution in [-0.2, 0) is 9.53 Å². The van der Waals surface area contributed by atoms with Gasteiger partial charge in [0.2, 0.25) is 0 Å². The molecule has 0 atom stereocenters. The zero-order valence-corrected chi connectivity index (χ0v) is 11.9. The summed E-state index contributed by atoms with van der Waals surface area (Å²) in [5, 5.41) is 11.8. The van der Waals surface area contributed by atoms with Gasteiger partial charge in [-0.15, -0.1) is 0 Å². The number of alkyl carbamates (subject to hydrolysis) is 1. The van der Waals surface area contributed by atoms with Crippen LogP contribution in [0, 0.1) is 11.3 Å². The van der Waals surface area contributed by atoms with Crippen molar-refractivity contribution in [2.45, 2.75) is 45.6 Å². The maximum atomic E-state index is 11.5. The van der Waals surface area contributed by atoms with E-state index in [2.05, 4.69) is 32.7 Å². The highest BCUT2D eigenvalue weighted by molar-refractivity contribution is 5.85. The minimum Gasteiger partial charge on any atom is -0.480 e. The number of aliphatic carboxylic acids is 1. The fourth-order valence-corrected chi connectivity index (χ4v) is 2.63. The summed E-state index contributed by atoms with van der Waals surface area (Å²) in [6.07, 6.45) is 2.62. The van der Waals surface area contributed by atoms with E-state index in [1.807, 2.05) is 0 Å². The Balaban J connectivity index is 2.54. The average molecular weight is 269 g/mol. The molecule has 1 aliphatic rings. The van der Waals surface area contributed by atoms with Crippen LogP contribution < -0.4 is 5.32 Å². The number of carbonyl (C=O) groups excluding carboxylic acids is 1. The van der Waals surface area contributed by atoms with Gasteiger partial charge < -0.3 is 15.2 Å². The fourth-order valence-electron chi connectivity index (χ4n) is 2.63. The van der Waals surface area contributed by atoms with E-state index in [0.29, 0.717) is 18.8 Å². The average Bonchev–Trinajstić information content (AvgIpc) is 2.20. The van der Waals surface area contributed by atoms with Gasteiger partial charge in [0, 0.05) is 0 Å². The van der Waals surface area contributed by atoms with Crippen molar-refractivity contribution in [3.63, 3.8) is 0 Å². The molecule has 5 nitrogen and oxygen atoms in total. The zero-order chi connectivity index (χ0) is 14.7. The molecule has 0 bridgehead atoms. The van der Waals surface area contributed by atoms with Crippen LogP contribution in [0.3, 0.4) is 0 Å². The first kappa shape index (κ1) is 15.5. The number of rotatable bonds is 5. The van der Waals surface area contributed by atoms with E-state index >= 15 is 0 Å². The second-order valence-corrected chi connectivity index (χ2v) is 6.44. The smallest absolute Gasteiger partial charge is 0.408 e. The Kier molecular flexibility index (Phi) is 4.61. The molecule has 1 aliphatic carbocycles. The highest BCUT2D eigenvalue weighted by Gasteiger charge is 2.52. The molecule has 1 saturated carbocycles. The van der Waals surface area contributed by atoms with Crippen molar-refractivity contribution >= 4 is 12.1 Å². The summed E-state index contributed by atoms with van der Waals surface area (Å²) < 4.78 is 4.78. The number of carboxylic acids is 1. The molecule has 0 radical (unpaired) electrons. The maximum Gasteiger partial charge on any atom is 0.408 e. The Labute approximate surface area is 114 Å². The molecule has 0 heterocycles. The molecule has 19 heavy (non-hydrogen) atoms. The first-order chi connectivity index (χ1) is 8.68. The summed E-state index contributed by atoms with van der Waals surface area (Å²) in [4.78, 5) is 22.8. The Morgan fingerprint density at radius 2 is 2.05 bits per heavy atom. The van der Waals surface area contributed by atoms with Crippen molar-refractivity contribution < 1.29 is 19.4 Å². The Morgan fingerprint density at radius 3 is 2.47 bits per heavy atom. The van der Waals surface area contributed by atoms with E-state index in [0.717, 1.165) is 6.42 Å². The van der Waals surface area contributed by atoms with Crippen molar-refractivity contribution in [2.75, 3.05) is 6.61 Å². The fraction of sp³-hybridized carbons (Fsp3) is 0.714. The Morgan fingerprint density at radius 1 is 1.47 bits per heavy atom. The van der Waals surface area contributed by atoms with Gasteiger partial charge in [-0.3, -0.25) is 0 Å². The van der Waals surface area contributed by atoms with E-state index in [9.17, 15) is 14.7 Å².